The Balaban J connectivity index is 0.00000192. The highest BCUT2D eigenvalue weighted by Gasteiger charge is 2.21. The van der Waals surface area contributed by atoms with Crippen LogP contribution in [0.5, 0.6) is 0 Å². The van der Waals surface area contributed by atoms with Crippen LogP contribution >= 0.6 is 12.4 Å². The van der Waals surface area contributed by atoms with Crippen molar-refractivity contribution in [3.63, 3.8) is 0 Å². The molecule has 3 heterocycles. The first kappa shape index (κ1) is 18.2. The maximum Gasteiger partial charge on any atom is 0.272 e. The van der Waals surface area contributed by atoms with Gasteiger partial charge in [0.05, 0.1) is 13.2 Å². The molecule has 0 unspecified atom stereocenters. The summed E-state index contributed by atoms with van der Waals surface area (Å²) in [6, 6.07) is 0. The largest absolute Gasteiger partial charge is 0.379 e. The molecule has 0 radical (unpaired) electrons. The second kappa shape index (κ2) is 9.22. The number of unbranched alkanes of at least 4 members (excludes halogenated alkanes) is 1. The lowest BCUT2D eigenvalue weighted by Gasteiger charge is -2.26. The standard InChI is InChI=1S/C15H25N5O2.ClH/c21-15(14-12-11-16-5-3-13(12)18-19-14)17-4-1-2-6-20-7-9-22-10-8-20;/h16H,1-11H2,(H,17,21)(H,18,19);1H. The van der Waals surface area contributed by atoms with Crippen molar-refractivity contribution in [1.29, 1.82) is 0 Å². The molecule has 7 nitrogen and oxygen atoms in total. The number of H-pyrrole nitrogens is 1. The van der Waals surface area contributed by atoms with Crippen LogP contribution in [-0.2, 0) is 17.7 Å². The van der Waals surface area contributed by atoms with E-state index in [0.29, 0.717) is 12.2 Å². The Labute approximate surface area is 142 Å². The Morgan fingerprint density at radius 3 is 2.96 bits per heavy atom. The third kappa shape index (κ3) is 4.91. The van der Waals surface area contributed by atoms with E-state index in [1.54, 1.807) is 0 Å². The van der Waals surface area contributed by atoms with E-state index in [9.17, 15) is 4.79 Å². The number of aromatic amines is 1. The van der Waals surface area contributed by atoms with Crippen molar-refractivity contribution in [2.75, 3.05) is 45.9 Å². The highest BCUT2D eigenvalue weighted by atomic mass is 35.5. The summed E-state index contributed by atoms with van der Waals surface area (Å²) in [6.07, 6.45) is 3.00. The topological polar surface area (TPSA) is 82.3 Å². The quantitative estimate of drug-likeness (QED) is 0.648. The molecule has 8 heteroatoms. The van der Waals surface area contributed by atoms with Crippen LogP contribution in [0.1, 0.15) is 34.6 Å². The summed E-state index contributed by atoms with van der Waals surface area (Å²) in [7, 11) is 0. The summed E-state index contributed by atoms with van der Waals surface area (Å²) in [5.41, 5.74) is 2.67. The van der Waals surface area contributed by atoms with E-state index in [-0.39, 0.29) is 18.3 Å². The summed E-state index contributed by atoms with van der Waals surface area (Å²) < 4.78 is 5.33. The van der Waals surface area contributed by atoms with Crippen LogP contribution in [0.15, 0.2) is 0 Å². The van der Waals surface area contributed by atoms with E-state index in [0.717, 1.165) is 76.5 Å². The number of fused-ring (bicyclic) bond motifs is 1. The third-order valence-corrected chi connectivity index (χ3v) is 4.31. The summed E-state index contributed by atoms with van der Waals surface area (Å²) in [5.74, 6) is -0.0624. The molecule has 1 amide bonds. The lowest BCUT2D eigenvalue weighted by atomic mass is 10.1. The van der Waals surface area contributed by atoms with Gasteiger partial charge < -0.3 is 15.4 Å². The van der Waals surface area contributed by atoms with Gasteiger partial charge in [0.15, 0.2) is 5.69 Å². The number of hydrogen-bond donors (Lipinski definition) is 3. The number of nitrogens with zero attached hydrogens (tertiary/aromatic N) is 2. The summed E-state index contributed by atoms with van der Waals surface area (Å²) in [5, 5.41) is 13.4. The Morgan fingerprint density at radius 2 is 2.13 bits per heavy atom. The molecule has 1 fully saturated rings. The second-order valence-corrected chi connectivity index (χ2v) is 5.87. The molecule has 0 saturated carbocycles. The molecule has 0 atom stereocenters. The minimum atomic E-state index is -0.0624. The van der Waals surface area contributed by atoms with Crippen molar-refractivity contribution in [1.82, 2.24) is 25.7 Å². The maximum absolute atomic E-state index is 12.2. The van der Waals surface area contributed by atoms with Crippen LogP contribution in [0.25, 0.3) is 0 Å². The summed E-state index contributed by atoms with van der Waals surface area (Å²) >= 11 is 0. The Kier molecular flexibility index (Phi) is 7.29. The van der Waals surface area contributed by atoms with Gasteiger partial charge in [0.25, 0.3) is 5.91 Å². The fourth-order valence-corrected chi connectivity index (χ4v) is 2.98. The van der Waals surface area contributed by atoms with Gasteiger partial charge in [-0.3, -0.25) is 14.8 Å². The third-order valence-electron chi connectivity index (χ3n) is 4.31. The number of carbonyl (C=O) groups excluding carboxylic acids is 1. The van der Waals surface area contributed by atoms with Gasteiger partial charge in [-0.1, -0.05) is 0 Å². The zero-order chi connectivity index (χ0) is 15.2. The zero-order valence-electron chi connectivity index (χ0n) is 13.4. The Morgan fingerprint density at radius 1 is 1.30 bits per heavy atom. The number of carbonyl (C=O) groups is 1. The van der Waals surface area contributed by atoms with Crippen molar-refractivity contribution in [3.05, 3.63) is 17.0 Å². The Hall–Kier alpha value is -1.15. The molecule has 0 aromatic carbocycles. The molecule has 23 heavy (non-hydrogen) atoms. The fourth-order valence-electron chi connectivity index (χ4n) is 2.98. The number of halogens is 1. The first-order valence-electron chi connectivity index (χ1n) is 8.20. The Bertz CT molecular complexity index is 502. The number of rotatable bonds is 6. The number of ether oxygens (including phenoxy) is 1. The van der Waals surface area contributed by atoms with Gasteiger partial charge in [-0.25, -0.2) is 0 Å². The van der Waals surface area contributed by atoms with Crippen LogP contribution in [-0.4, -0.2) is 66.9 Å². The van der Waals surface area contributed by atoms with Gasteiger partial charge in [0.1, 0.15) is 0 Å². The van der Waals surface area contributed by atoms with Crippen LogP contribution in [0, 0.1) is 0 Å². The van der Waals surface area contributed by atoms with Crippen molar-refractivity contribution < 1.29 is 9.53 Å². The monoisotopic (exact) mass is 343 g/mol. The van der Waals surface area contributed by atoms with E-state index in [1.165, 1.54) is 0 Å². The van der Waals surface area contributed by atoms with Crippen LogP contribution in [0.2, 0.25) is 0 Å². The average molecular weight is 344 g/mol. The lowest BCUT2D eigenvalue weighted by molar-refractivity contribution is 0.0372. The minimum Gasteiger partial charge on any atom is -0.379 e. The van der Waals surface area contributed by atoms with Crippen LogP contribution < -0.4 is 10.6 Å². The normalized spacial score (nSPS) is 18.1. The summed E-state index contributed by atoms with van der Waals surface area (Å²) in [6.45, 7) is 7.20. The smallest absolute Gasteiger partial charge is 0.272 e. The average Bonchev–Trinajstić information content (AvgIpc) is 2.99. The van der Waals surface area contributed by atoms with Gasteiger partial charge in [0, 0.05) is 50.4 Å². The maximum atomic E-state index is 12.2. The van der Waals surface area contributed by atoms with E-state index >= 15 is 0 Å². The fraction of sp³-hybridized carbons (Fsp3) is 0.733. The van der Waals surface area contributed by atoms with Crippen molar-refractivity contribution in [3.8, 4) is 0 Å². The molecule has 130 valence electrons. The first-order valence-corrected chi connectivity index (χ1v) is 8.20. The number of nitrogens with one attached hydrogen (secondary N) is 3. The van der Waals surface area contributed by atoms with E-state index in [4.69, 9.17) is 4.74 Å². The van der Waals surface area contributed by atoms with Crippen molar-refractivity contribution in [2.45, 2.75) is 25.8 Å². The number of amides is 1. The van der Waals surface area contributed by atoms with Gasteiger partial charge in [0.2, 0.25) is 0 Å². The van der Waals surface area contributed by atoms with Crippen LogP contribution in [0.4, 0.5) is 0 Å². The molecule has 0 aliphatic carbocycles. The highest BCUT2D eigenvalue weighted by Crippen LogP contribution is 2.15. The molecule has 1 aromatic heterocycles. The predicted octanol–water partition coefficient (Wildman–Crippen LogP) is 0.319. The molecule has 0 bridgehead atoms. The van der Waals surface area contributed by atoms with Crippen molar-refractivity contribution >= 4 is 18.3 Å². The van der Waals surface area contributed by atoms with Gasteiger partial charge >= 0.3 is 0 Å². The molecule has 1 saturated heterocycles. The molecule has 3 N–H and O–H groups in total. The van der Waals surface area contributed by atoms with E-state index < -0.39 is 0 Å². The van der Waals surface area contributed by atoms with Crippen molar-refractivity contribution in [2.24, 2.45) is 0 Å². The second-order valence-electron chi connectivity index (χ2n) is 5.87. The molecule has 0 spiro atoms. The first-order chi connectivity index (χ1) is 10.8. The van der Waals surface area contributed by atoms with E-state index in [1.807, 2.05) is 0 Å². The van der Waals surface area contributed by atoms with Gasteiger partial charge in [-0.15, -0.1) is 12.4 Å². The number of morpholine rings is 1. The molecule has 1 aromatic rings. The molecule has 2 aliphatic heterocycles. The zero-order valence-corrected chi connectivity index (χ0v) is 14.2. The summed E-state index contributed by atoms with van der Waals surface area (Å²) in [4.78, 5) is 14.6. The van der Waals surface area contributed by atoms with Gasteiger partial charge in [-0.05, 0) is 19.4 Å². The predicted molar refractivity (Wildman–Crippen MR) is 90.1 cm³/mol. The highest BCUT2D eigenvalue weighted by molar-refractivity contribution is 5.94. The molecule has 2 aliphatic rings. The lowest BCUT2D eigenvalue weighted by Crippen LogP contribution is -2.37. The SMILES string of the molecule is Cl.O=C(NCCCCN1CCOCC1)c1n[nH]c2c1CNCC2. The van der Waals surface area contributed by atoms with E-state index in [2.05, 4.69) is 25.7 Å². The van der Waals surface area contributed by atoms with Gasteiger partial charge in [-0.2, -0.15) is 5.10 Å². The minimum absolute atomic E-state index is 0. The number of aromatic nitrogens is 2. The van der Waals surface area contributed by atoms with Crippen LogP contribution in [0.3, 0.4) is 0 Å². The number of hydrogen-bond acceptors (Lipinski definition) is 5. The molecular weight excluding hydrogens is 318 g/mol. The molecular formula is C15H26ClN5O2. The molecule has 3 rings (SSSR count).